The van der Waals surface area contributed by atoms with Gasteiger partial charge in [-0.1, -0.05) is 305 Å². The minimum absolute atomic E-state index is 0.00926. The molecule has 0 aromatic carbocycles. The number of carbonyl (C=O) groups excluding carboxylic acids is 5. The molecule has 7 aromatic heterocycles. The lowest BCUT2D eigenvalue weighted by Gasteiger charge is -2.09. The first-order valence-electron chi connectivity index (χ1n) is 49.3. The number of nitrogens with zero attached hydrogens (tertiary/aromatic N) is 16. The summed E-state index contributed by atoms with van der Waals surface area (Å²) < 4.78 is 0. The molecule has 0 atom stereocenters. The van der Waals surface area contributed by atoms with Crippen LogP contribution in [0.1, 0.15) is 409 Å². The lowest BCUT2D eigenvalue weighted by molar-refractivity contribution is -0.125. The zero-order valence-electron chi connectivity index (χ0n) is 95.8. The number of rotatable bonds is 22. The Labute approximate surface area is 843 Å². The molecule has 19 N–H and O–H groups in total. The molecule has 0 saturated carbocycles. The molecule has 140 heavy (non-hydrogen) atoms. The number of nitrogens with one attached hydrogen (secondary N) is 9. The Balaban J connectivity index is -0.000000160. The van der Waals surface area contributed by atoms with Crippen LogP contribution in [0.2, 0.25) is 0 Å². The highest BCUT2D eigenvalue weighted by Gasteiger charge is 2.14. The van der Waals surface area contributed by atoms with E-state index in [1.54, 1.807) is 70.7 Å². The maximum absolute atomic E-state index is 11.0. The largest absolute Gasteiger partial charge is 0.509 e. The summed E-state index contributed by atoms with van der Waals surface area (Å²) in [5, 5.41) is 75.0. The number of pyridine rings is 2. The molecule has 38 heteroatoms. The number of ketones is 1. The van der Waals surface area contributed by atoms with E-state index in [1.165, 1.54) is 23.5 Å². The van der Waals surface area contributed by atoms with Crippen LogP contribution < -0.4 is 44.7 Å². The highest BCUT2D eigenvalue weighted by Crippen LogP contribution is 2.18. The fourth-order valence-electron chi connectivity index (χ4n) is 7.07. The Kier molecular flexibility index (Phi) is 97.2. The predicted octanol–water partition coefficient (Wildman–Crippen LogP) is 21.0. The Morgan fingerprint density at radius 2 is 0.714 bits per heavy atom. The van der Waals surface area contributed by atoms with Crippen LogP contribution in [0.15, 0.2) is 114 Å². The average molecular weight is 1980 g/mol. The number of allylic oxidation sites excluding steroid dienone is 2. The van der Waals surface area contributed by atoms with Crippen molar-refractivity contribution in [1.29, 1.82) is 0 Å². The molecule has 1 aliphatic heterocycles. The van der Waals surface area contributed by atoms with E-state index in [4.69, 9.17) is 22.9 Å². The standard InChI is InChI=1S/C9H16N2.C8H16O2.C8H16O.2C7H16N2.2C7H15NO.C6H10N2.C5H9N3.2C5H5NO.3C4H8N4.2C4H9NO.2C4H10/c1-6(2)8-5-10-9(11-8)7(3)4;1-5(2)7(9)8(10)6(3)4;1-6(2)5-8(9)7(3)4;2*1-5(2)7(8)9-6(3)4;2*1-5(2)7(9)8-6(3)4;1-5(2)6-3-7-4-8-6;1-4(2)5-3-6-8-7-5;2*7-5-3-1-2-4-6-5;3*1-3(2)4-5-7-8-6-4;2*1-3(2)4(5)6;2*1-4(2)3/h5-7H,1-4H3,(H,10,11);5-6,9-10H,1-4H3;6-7H,5H2,1-4H3;2*5-6H,1-4H3,(H2,8,9);2*5-6H,1-4H3,(H,8,9);3-5H,1-2H3,(H,7,8);4H,3H2,1-2H3;2*1-4H,(H,6,7);3*3H,1-2H3,(H,5,6,7,8);2*3H,1-2H3,(H2,5,6);2*4H,1-3H3/b;8-7+;;;;;;;;;;;;;;;;. The van der Waals surface area contributed by atoms with Gasteiger partial charge in [-0.05, 0) is 108 Å². The number of aliphatic imine (C=N–C) groups is 2. The third kappa shape index (κ3) is 107. The number of aliphatic hydroxyl groups excluding tert-OH is 2. The molecule has 1 aliphatic rings. The number of hydrogen-bond donors (Lipinski definition) is 15. The SMILES string of the molecule is CC(C)/C(O)=C(\O)C(C)C.CC(C)C.CC(C)C.CC(C)C(N)=O.CC(C)C(N)=O.CC(C)C1=NN=NC1.CC(C)CC(=O)C(C)C.CC(C)N=C(N)C(C)C.CC(C)N=C(N)C(C)C.CC(C)NC(=O)C(C)C.CC(C)NC(=O)C(C)C.CC(C)c1cnc(C(C)C)[nH]1.CC(C)c1cnc[nH]1.CC(C)c1nn[nH]n1.CC(C)c1nn[nH]n1.CC(C)c1nn[nH]n1.O=c1cccc[nH]1.O=c1cccc[nH]1. The van der Waals surface area contributed by atoms with Crippen LogP contribution >= 0.6 is 0 Å². The van der Waals surface area contributed by atoms with E-state index in [0.717, 1.165) is 58.9 Å². The van der Waals surface area contributed by atoms with Crippen LogP contribution in [-0.4, -0.2) is 179 Å². The van der Waals surface area contributed by atoms with Crippen LogP contribution in [-0.2, 0) is 24.0 Å². The fourth-order valence-corrected chi connectivity index (χ4v) is 7.07. The minimum atomic E-state index is -0.241. The number of aromatic amines is 7. The van der Waals surface area contributed by atoms with Gasteiger partial charge in [0.15, 0.2) is 17.5 Å². The second kappa shape index (κ2) is 91.4. The van der Waals surface area contributed by atoms with Gasteiger partial charge in [0.05, 0.1) is 23.7 Å². The summed E-state index contributed by atoms with van der Waals surface area (Å²) in [5.74, 6) is 11.9. The summed E-state index contributed by atoms with van der Waals surface area (Å²) in [6.45, 7) is 97.0. The predicted molar refractivity (Wildman–Crippen MR) is 580 cm³/mol. The third-order valence-electron chi connectivity index (χ3n) is 15.7. The zero-order valence-corrected chi connectivity index (χ0v) is 95.8. The van der Waals surface area contributed by atoms with E-state index in [1.807, 2.05) is 206 Å². The third-order valence-corrected chi connectivity index (χ3v) is 15.7. The molecule has 0 saturated heterocycles. The van der Waals surface area contributed by atoms with Gasteiger partial charge in [-0.3, -0.25) is 43.5 Å². The first kappa shape index (κ1) is 149. The van der Waals surface area contributed by atoms with Gasteiger partial charge < -0.3 is 63.7 Å². The number of carbonyl (C=O) groups is 5. The number of primary amides is 2. The van der Waals surface area contributed by atoms with Crippen molar-refractivity contribution >= 4 is 46.8 Å². The number of tetrazole rings is 3. The van der Waals surface area contributed by atoms with E-state index in [0.29, 0.717) is 83.6 Å². The van der Waals surface area contributed by atoms with Crippen LogP contribution in [0.4, 0.5) is 0 Å². The fraction of sp³-hybridized carbons (Fsp3) is 0.716. The van der Waals surface area contributed by atoms with Gasteiger partial charge in [-0.25, -0.2) is 9.97 Å². The molecule has 7 aromatic rings. The van der Waals surface area contributed by atoms with Crippen molar-refractivity contribution in [3.63, 3.8) is 0 Å². The van der Waals surface area contributed by atoms with E-state index in [-0.39, 0.29) is 99.8 Å². The maximum atomic E-state index is 11.0. The van der Waals surface area contributed by atoms with Gasteiger partial charge in [-0.15, -0.1) is 35.7 Å². The number of H-pyrrole nitrogens is 7. The Hall–Kier alpha value is -11.4. The second-order valence-corrected chi connectivity index (χ2v) is 40.2. The van der Waals surface area contributed by atoms with Crippen molar-refractivity contribution in [1.82, 2.24) is 102 Å². The van der Waals surface area contributed by atoms with Gasteiger partial charge in [0.1, 0.15) is 29.7 Å². The highest BCUT2D eigenvalue weighted by molar-refractivity contribution is 5.88. The molecule has 8 rings (SSSR count). The molecule has 0 unspecified atom stereocenters. The van der Waals surface area contributed by atoms with Crippen molar-refractivity contribution in [3.05, 3.63) is 134 Å². The topological polar surface area (TPSA) is 602 Å². The highest BCUT2D eigenvalue weighted by atomic mass is 16.3. The summed E-state index contributed by atoms with van der Waals surface area (Å²) in [6, 6.07) is 11.0. The summed E-state index contributed by atoms with van der Waals surface area (Å²) in [4.78, 5) is 101. The van der Waals surface area contributed by atoms with Crippen molar-refractivity contribution in [2.45, 2.75) is 398 Å². The Bertz CT molecular complexity index is 3900. The molecule has 0 radical (unpaired) electrons. The number of imidazole rings is 2. The maximum Gasteiger partial charge on any atom is 0.247 e. The van der Waals surface area contributed by atoms with Gasteiger partial charge >= 0.3 is 0 Å². The Morgan fingerprint density at radius 1 is 0.393 bits per heavy atom. The van der Waals surface area contributed by atoms with Gasteiger partial charge in [-0.2, -0.15) is 20.8 Å². The monoisotopic (exact) mass is 1980 g/mol. The van der Waals surface area contributed by atoms with Gasteiger partial charge in [0, 0.05) is 156 Å². The minimum Gasteiger partial charge on any atom is -0.509 e. The molecule has 808 valence electrons. The average Bonchev–Trinajstić information content (AvgIpc) is 1.74. The molecule has 0 fully saturated rings. The molecule has 38 nitrogen and oxygen atoms in total. The molecular weight excluding hydrogens is 1780 g/mol. The normalized spacial score (nSPS) is 11.2. The quantitative estimate of drug-likeness (QED) is 0.0170. The van der Waals surface area contributed by atoms with E-state index in [9.17, 15) is 43.8 Å². The molecule has 0 spiro atoms. The summed E-state index contributed by atoms with van der Waals surface area (Å²) >= 11 is 0. The number of nitrogens with two attached hydrogens (primary N) is 4. The lowest BCUT2D eigenvalue weighted by atomic mass is 9.99. The van der Waals surface area contributed by atoms with E-state index >= 15 is 0 Å². The van der Waals surface area contributed by atoms with Crippen LogP contribution in [0.3, 0.4) is 0 Å². The van der Waals surface area contributed by atoms with Crippen LogP contribution in [0.5, 0.6) is 0 Å². The number of amides is 4. The van der Waals surface area contributed by atoms with E-state index < -0.39 is 0 Å². The van der Waals surface area contributed by atoms with Crippen LogP contribution in [0, 0.1) is 76.9 Å². The molecular formula is C102H201N29O9. The number of aliphatic hydroxyl groups is 2. The zero-order chi connectivity index (χ0) is 112. The first-order chi connectivity index (χ1) is 64.3. The number of Topliss-reactive ketones (excluding diaryl/α,β-unsaturated/α-hetero) is 1. The summed E-state index contributed by atoms with van der Waals surface area (Å²) in [6.07, 6.45) is 9.42. The Morgan fingerprint density at radius 3 is 0.821 bits per heavy atom. The van der Waals surface area contributed by atoms with Gasteiger partial charge in [0.2, 0.25) is 34.7 Å². The second-order valence-electron chi connectivity index (χ2n) is 40.2. The lowest BCUT2D eigenvalue weighted by Crippen LogP contribution is -2.33. The molecule has 4 amide bonds. The summed E-state index contributed by atoms with van der Waals surface area (Å²) in [5.41, 5.74) is 24.1. The number of amidine groups is 2. The van der Waals surface area contributed by atoms with Crippen molar-refractivity contribution in [3.8, 4) is 0 Å². The van der Waals surface area contributed by atoms with Crippen LogP contribution in [0.25, 0.3) is 0 Å². The summed E-state index contributed by atoms with van der Waals surface area (Å²) in [7, 11) is 0. The van der Waals surface area contributed by atoms with Crippen molar-refractivity contribution < 1.29 is 34.2 Å². The van der Waals surface area contributed by atoms with Gasteiger partial charge in [0.25, 0.3) is 0 Å². The van der Waals surface area contributed by atoms with Crippen molar-refractivity contribution in [2.24, 2.45) is 125 Å². The molecule has 0 aliphatic carbocycles. The van der Waals surface area contributed by atoms with Crippen molar-refractivity contribution in [2.75, 3.05) is 6.54 Å². The number of hydrogen-bond acceptors (Lipinski definition) is 25. The van der Waals surface area contributed by atoms with E-state index in [2.05, 4.69) is 239 Å². The number of aromatic nitrogens is 18. The first-order valence-corrected chi connectivity index (χ1v) is 49.3. The molecule has 8 heterocycles. The smallest absolute Gasteiger partial charge is 0.247 e. The molecule has 0 bridgehead atoms.